The Morgan fingerprint density at radius 3 is 3.00 bits per heavy atom. The third-order valence-corrected chi connectivity index (χ3v) is 3.24. The van der Waals surface area contributed by atoms with Crippen molar-refractivity contribution in [1.29, 1.82) is 0 Å². The number of hydrogen-bond acceptors (Lipinski definition) is 4. The Labute approximate surface area is 129 Å². The molecule has 0 saturated heterocycles. The zero-order valence-corrected chi connectivity index (χ0v) is 12.6. The lowest BCUT2D eigenvalue weighted by molar-refractivity contribution is 0.160. The fraction of sp³-hybridized carbons (Fsp3) is 0.400. The molecule has 0 spiro atoms. The lowest BCUT2D eigenvalue weighted by Crippen LogP contribution is -2.36. The molecule has 0 aliphatic rings. The number of aromatic nitrogens is 3. The van der Waals surface area contributed by atoms with Crippen LogP contribution < -0.4 is 10.6 Å². The van der Waals surface area contributed by atoms with Crippen LogP contribution in [-0.2, 0) is 6.54 Å². The molecule has 0 bridgehead atoms. The molecule has 22 heavy (non-hydrogen) atoms. The minimum absolute atomic E-state index is 0.249. The number of pyridine rings is 1. The van der Waals surface area contributed by atoms with E-state index in [1.165, 1.54) is 0 Å². The smallest absolute Gasteiger partial charge is 0.315 e. The molecular weight excluding hydrogens is 282 g/mol. The van der Waals surface area contributed by atoms with Crippen LogP contribution in [-0.4, -0.2) is 38.6 Å². The molecule has 2 amide bonds. The van der Waals surface area contributed by atoms with E-state index in [4.69, 9.17) is 0 Å². The second-order valence-electron chi connectivity index (χ2n) is 4.93. The quantitative estimate of drug-likeness (QED) is 0.717. The summed E-state index contributed by atoms with van der Waals surface area (Å²) in [7, 11) is 0. The summed E-state index contributed by atoms with van der Waals surface area (Å²) >= 11 is 0. The topological polar surface area (TPSA) is 92.1 Å². The van der Waals surface area contributed by atoms with E-state index in [9.17, 15) is 9.90 Å². The van der Waals surface area contributed by atoms with Crippen molar-refractivity contribution in [2.45, 2.75) is 32.4 Å². The molecule has 1 unspecified atom stereocenters. The lowest BCUT2D eigenvalue weighted by atomic mass is 10.2. The largest absolute Gasteiger partial charge is 0.393 e. The van der Waals surface area contributed by atoms with Crippen LogP contribution in [0.4, 0.5) is 4.79 Å². The standard InChI is InChI=1S/C15H21N5O2/c1-2-13(21)5-8-17-15(22)18-11-12-4-7-16-14(10-12)20-9-3-6-19-20/h3-4,6-7,9-10,13,21H,2,5,8,11H2,1H3,(H2,17,18,22). The maximum absolute atomic E-state index is 11.7. The van der Waals surface area contributed by atoms with Gasteiger partial charge in [0.05, 0.1) is 6.10 Å². The first-order valence-electron chi connectivity index (χ1n) is 7.33. The molecule has 2 heterocycles. The highest BCUT2D eigenvalue weighted by Gasteiger charge is 2.04. The number of aliphatic hydroxyl groups excluding tert-OH is 1. The van der Waals surface area contributed by atoms with E-state index < -0.39 is 0 Å². The predicted molar refractivity (Wildman–Crippen MR) is 82.5 cm³/mol. The zero-order chi connectivity index (χ0) is 15.8. The van der Waals surface area contributed by atoms with Crippen molar-refractivity contribution in [3.8, 4) is 5.82 Å². The number of amides is 2. The van der Waals surface area contributed by atoms with E-state index in [0.717, 1.165) is 5.56 Å². The lowest BCUT2D eigenvalue weighted by Gasteiger charge is -2.10. The molecule has 0 radical (unpaired) electrons. The molecule has 0 aromatic carbocycles. The number of carbonyl (C=O) groups excluding carboxylic acids is 1. The van der Waals surface area contributed by atoms with Crippen LogP contribution in [0.5, 0.6) is 0 Å². The normalized spacial score (nSPS) is 11.9. The molecule has 0 fully saturated rings. The van der Waals surface area contributed by atoms with Gasteiger partial charge in [-0.1, -0.05) is 6.92 Å². The predicted octanol–water partition coefficient (Wildman–Crippen LogP) is 1.23. The highest BCUT2D eigenvalue weighted by atomic mass is 16.3. The van der Waals surface area contributed by atoms with Gasteiger partial charge in [0.1, 0.15) is 0 Å². The second-order valence-corrected chi connectivity index (χ2v) is 4.93. The highest BCUT2D eigenvalue weighted by Crippen LogP contribution is 2.05. The van der Waals surface area contributed by atoms with Crippen molar-refractivity contribution in [3.63, 3.8) is 0 Å². The van der Waals surface area contributed by atoms with Gasteiger partial charge in [0.15, 0.2) is 5.82 Å². The first-order chi connectivity index (χ1) is 10.7. The van der Waals surface area contributed by atoms with Crippen molar-refractivity contribution >= 4 is 6.03 Å². The van der Waals surface area contributed by atoms with Crippen LogP contribution in [0.25, 0.3) is 5.82 Å². The molecule has 2 aromatic rings. The van der Waals surface area contributed by atoms with E-state index >= 15 is 0 Å². The monoisotopic (exact) mass is 303 g/mol. The van der Waals surface area contributed by atoms with E-state index in [2.05, 4.69) is 20.7 Å². The van der Waals surface area contributed by atoms with Crippen molar-refractivity contribution in [1.82, 2.24) is 25.4 Å². The maximum atomic E-state index is 11.7. The fourth-order valence-electron chi connectivity index (χ4n) is 1.90. The van der Waals surface area contributed by atoms with Crippen molar-refractivity contribution in [2.24, 2.45) is 0 Å². The SMILES string of the molecule is CCC(O)CCNC(=O)NCc1ccnc(-n2cccn2)c1. The van der Waals surface area contributed by atoms with Crippen LogP contribution in [0, 0.1) is 0 Å². The Balaban J connectivity index is 1.79. The van der Waals surface area contributed by atoms with Gasteiger partial charge in [0, 0.05) is 31.7 Å². The molecule has 0 saturated carbocycles. The first kappa shape index (κ1) is 16.0. The summed E-state index contributed by atoms with van der Waals surface area (Å²) in [6, 6.07) is 5.29. The molecule has 7 heteroatoms. The van der Waals surface area contributed by atoms with E-state index in [1.807, 2.05) is 31.3 Å². The van der Waals surface area contributed by atoms with Crippen LogP contribution in [0.15, 0.2) is 36.8 Å². The third kappa shape index (κ3) is 4.85. The summed E-state index contributed by atoms with van der Waals surface area (Å²) in [5.41, 5.74) is 0.934. The molecule has 0 aliphatic carbocycles. The summed E-state index contributed by atoms with van der Waals surface area (Å²) in [6.07, 6.45) is 6.07. The van der Waals surface area contributed by atoms with Crippen LogP contribution in [0.2, 0.25) is 0 Å². The van der Waals surface area contributed by atoms with E-state index in [0.29, 0.717) is 31.7 Å². The van der Waals surface area contributed by atoms with Gasteiger partial charge in [-0.2, -0.15) is 5.10 Å². The number of aliphatic hydroxyl groups is 1. The highest BCUT2D eigenvalue weighted by molar-refractivity contribution is 5.73. The van der Waals surface area contributed by atoms with Gasteiger partial charge >= 0.3 is 6.03 Å². The van der Waals surface area contributed by atoms with Gasteiger partial charge in [0.25, 0.3) is 0 Å². The number of carbonyl (C=O) groups is 1. The molecule has 2 rings (SSSR count). The Morgan fingerprint density at radius 2 is 2.27 bits per heavy atom. The molecular formula is C15H21N5O2. The molecule has 2 aromatic heterocycles. The fourth-order valence-corrected chi connectivity index (χ4v) is 1.90. The van der Waals surface area contributed by atoms with Crippen molar-refractivity contribution in [3.05, 3.63) is 42.4 Å². The van der Waals surface area contributed by atoms with Gasteiger partial charge in [-0.15, -0.1) is 0 Å². The van der Waals surface area contributed by atoms with Crippen molar-refractivity contribution in [2.75, 3.05) is 6.54 Å². The number of rotatable bonds is 7. The van der Waals surface area contributed by atoms with E-state index in [1.54, 1.807) is 17.1 Å². The number of hydrogen-bond donors (Lipinski definition) is 3. The number of nitrogens with one attached hydrogen (secondary N) is 2. The average molecular weight is 303 g/mol. The molecule has 1 atom stereocenters. The second kappa shape index (κ2) is 8.14. The first-order valence-corrected chi connectivity index (χ1v) is 7.33. The molecule has 3 N–H and O–H groups in total. The van der Waals surface area contributed by atoms with Gasteiger partial charge in [-0.25, -0.2) is 14.5 Å². The molecule has 7 nitrogen and oxygen atoms in total. The zero-order valence-electron chi connectivity index (χ0n) is 12.6. The van der Waals surface area contributed by atoms with Gasteiger partial charge < -0.3 is 15.7 Å². The minimum Gasteiger partial charge on any atom is -0.393 e. The summed E-state index contributed by atoms with van der Waals surface area (Å²) in [5, 5.41) is 19.0. The van der Waals surface area contributed by atoms with Crippen LogP contribution in [0.3, 0.4) is 0 Å². The summed E-state index contributed by atoms with van der Waals surface area (Å²) in [6.45, 7) is 2.76. The summed E-state index contributed by atoms with van der Waals surface area (Å²) in [4.78, 5) is 15.9. The Kier molecular flexibility index (Phi) is 5.91. The van der Waals surface area contributed by atoms with Crippen molar-refractivity contribution < 1.29 is 9.90 Å². The Morgan fingerprint density at radius 1 is 1.41 bits per heavy atom. The number of urea groups is 1. The Hall–Kier alpha value is -2.41. The van der Waals surface area contributed by atoms with Crippen LogP contribution in [0.1, 0.15) is 25.3 Å². The average Bonchev–Trinajstić information content (AvgIpc) is 3.07. The molecule has 0 aliphatic heterocycles. The summed E-state index contributed by atoms with van der Waals surface area (Å²) in [5.74, 6) is 0.704. The maximum Gasteiger partial charge on any atom is 0.315 e. The van der Waals surface area contributed by atoms with Gasteiger partial charge in [-0.05, 0) is 36.6 Å². The Bertz CT molecular complexity index is 585. The van der Waals surface area contributed by atoms with Gasteiger partial charge in [-0.3, -0.25) is 0 Å². The van der Waals surface area contributed by atoms with Gasteiger partial charge in [0.2, 0.25) is 0 Å². The van der Waals surface area contributed by atoms with Crippen LogP contribution >= 0.6 is 0 Å². The number of nitrogens with zero attached hydrogens (tertiary/aromatic N) is 3. The minimum atomic E-state index is -0.364. The van der Waals surface area contributed by atoms with E-state index in [-0.39, 0.29) is 12.1 Å². The summed E-state index contributed by atoms with van der Waals surface area (Å²) < 4.78 is 1.66. The molecule has 118 valence electrons. The third-order valence-electron chi connectivity index (χ3n) is 3.24.